The minimum Gasteiger partial charge on any atom is -0.385 e. The van der Waals surface area contributed by atoms with Gasteiger partial charge in [0.1, 0.15) is 0 Å². The average molecular weight is 274 g/mol. The van der Waals surface area contributed by atoms with Gasteiger partial charge in [0.25, 0.3) is 0 Å². The Balaban J connectivity index is 1.95. The van der Waals surface area contributed by atoms with Crippen LogP contribution in [-0.2, 0) is 24.2 Å². The van der Waals surface area contributed by atoms with Crippen LogP contribution >= 0.6 is 0 Å². The topological polar surface area (TPSA) is 52.0 Å². The van der Waals surface area contributed by atoms with Crippen molar-refractivity contribution in [3.8, 4) is 0 Å². The second-order valence-corrected chi connectivity index (χ2v) is 4.61. The molecule has 2 aromatic heterocycles. The molecule has 0 amide bonds. The van der Waals surface area contributed by atoms with Gasteiger partial charge in [0.05, 0.1) is 12.2 Å². The van der Waals surface area contributed by atoms with Crippen molar-refractivity contribution in [2.75, 3.05) is 19.0 Å². The quantitative estimate of drug-likeness (QED) is 0.751. The summed E-state index contributed by atoms with van der Waals surface area (Å²) in [6, 6.07) is 4.10. The molecule has 5 heteroatoms. The fourth-order valence-electron chi connectivity index (χ4n) is 2.15. The van der Waals surface area contributed by atoms with Crippen LogP contribution in [-0.4, -0.2) is 28.3 Å². The molecule has 0 saturated heterocycles. The number of nitrogens with one attached hydrogen (secondary N) is 1. The molecule has 0 spiro atoms. The number of rotatable bonds is 8. The van der Waals surface area contributed by atoms with Gasteiger partial charge in [-0.25, -0.2) is 4.98 Å². The van der Waals surface area contributed by atoms with Crippen LogP contribution in [0.5, 0.6) is 0 Å². The molecule has 2 rings (SSSR count). The summed E-state index contributed by atoms with van der Waals surface area (Å²) in [6.07, 6.45) is 7.60. The maximum atomic E-state index is 5.08. The molecule has 0 unspecified atom stereocenters. The smallest absolute Gasteiger partial charge is 0.203 e. The minimum absolute atomic E-state index is 0.700. The van der Waals surface area contributed by atoms with Gasteiger partial charge in [-0.1, -0.05) is 13.0 Å². The Morgan fingerprint density at radius 2 is 2.20 bits per heavy atom. The van der Waals surface area contributed by atoms with Gasteiger partial charge in [0, 0.05) is 38.9 Å². The molecule has 108 valence electrons. The molecule has 0 aromatic carbocycles. The molecular weight excluding hydrogens is 252 g/mol. The summed E-state index contributed by atoms with van der Waals surface area (Å²) < 4.78 is 7.18. The first-order valence-electron chi connectivity index (χ1n) is 7.02. The van der Waals surface area contributed by atoms with Crippen molar-refractivity contribution in [2.45, 2.75) is 32.9 Å². The van der Waals surface area contributed by atoms with Crippen LogP contribution in [0.4, 0.5) is 5.95 Å². The molecule has 0 fully saturated rings. The molecule has 1 N–H and O–H groups in total. The standard InChI is InChI=1S/C15H22N4O/c1-3-13-6-4-7-16-14(13)12-18-15-17-8-10-19(15)9-5-11-20-2/h4,6-8,10H,3,5,9,11-12H2,1-2H3,(H,17,18). The van der Waals surface area contributed by atoms with Crippen LogP contribution in [0.3, 0.4) is 0 Å². The van der Waals surface area contributed by atoms with Gasteiger partial charge < -0.3 is 14.6 Å². The van der Waals surface area contributed by atoms with E-state index in [4.69, 9.17) is 4.74 Å². The number of nitrogens with zero attached hydrogens (tertiary/aromatic N) is 3. The van der Waals surface area contributed by atoms with Crippen molar-refractivity contribution in [1.29, 1.82) is 0 Å². The van der Waals surface area contributed by atoms with Crippen LogP contribution in [0.25, 0.3) is 0 Å². The van der Waals surface area contributed by atoms with Gasteiger partial charge in [-0.2, -0.15) is 0 Å². The Kier molecular flexibility index (Phi) is 5.55. The molecule has 20 heavy (non-hydrogen) atoms. The van der Waals surface area contributed by atoms with Crippen molar-refractivity contribution in [1.82, 2.24) is 14.5 Å². The fourth-order valence-corrected chi connectivity index (χ4v) is 2.15. The lowest BCUT2D eigenvalue weighted by atomic mass is 10.1. The third-order valence-corrected chi connectivity index (χ3v) is 3.24. The Bertz CT molecular complexity index is 524. The summed E-state index contributed by atoms with van der Waals surface area (Å²) in [5.41, 5.74) is 2.36. The predicted molar refractivity (Wildman–Crippen MR) is 79.7 cm³/mol. The summed E-state index contributed by atoms with van der Waals surface area (Å²) in [4.78, 5) is 8.78. The Morgan fingerprint density at radius 3 is 3.00 bits per heavy atom. The zero-order valence-corrected chi connectivity index (χ0v) is 12.2. The zero-order valence-electron chi connectivity index (χ0n) is 12.2. The molecule has 0 atom stereocenters. The van der Waals surface area contributed by atoms with E-state index >= 15 is 0 Å². The second-order valence-electron chi connectivity index (χ2n) is 4.61. The maximum absolute atomic E-state index is 5.08. The van der Waals surface area contributed by atoms with E-state index in [1.165, 1.54) is 5.56 Å². The number of hydrogen-bond acceptors (Lipinski definition) is 4. The van der Waals surface area contributed by atoms with Crippen molar-refractivity contribution in [2.24, 2.45) is 0 Å². The van der Waals surface area contributed by atoms with E-state index in [1.807, 2.05) is 24.7 Å². The number of anilines is 1. The summed E-state index contributed by atoms with van der Waals surface area (Å²) in [5.74, 6) is 0.883. The third-order valence-electron chi connectivity index (χ3n) is 3.24. The number of aromatic nitrogens is 3. The molecule has 0 aliphatic rings. The van der Waals surface area contributed by atoms with Crippen LogP contribution in [0.15, 0.2) is 30.7 Å². The van der Waals surface area contributed by atoms with Crippen LogP contribution in [0.2, 0.25) is 0 Å². The first-order chi connectivity index (χ1) is 9.85. The van der Waals surface area contributed by atoms with Gasteiger partial charge in [0.15, 0.2) is 0 Å². The average Bonchev–Trinajstić information content (AvgIpc) is 2.93. The molecule has 0 aliphatic heterocycles. The first kappa shape index (κ1) is 14.5. The molecule has 0 aliphatic carbocycles. The zero-order chi connectivity index (χ0) is 14.2. The van der Waals surface area contributed by atoms with Gasteiger partial charge in [0.2, 0.25) is 5.95 Å². The minimum atomic E-state index is 0.700. The molecular formula is C15H22N4O. The highest BCUT2D eigenvalue weighted by molar-refractivity contribution is 5.29. The lowest BCUT2D eigenvalue weighted by molar-refractivity contribution is 0.190. The highest BCUT2D eigenvalue weighted by Crippen LogP contribution is 2.10. The number of pyridine rings is 1. The Hall–Kier alpha value is -1.88. The number of ether oxygens (including phenoxy) is 1. The monoisotopic (exact) mass is 274 g/mol. The van der Waals surface area contributed by atoms with Gasteiger partial charge in [-0.15, -0.1) is 0 Å². The maximum Gasteiger partial charge on any atom is 0.203 e. The molecule has 2 heterocycles. The Labute approximate surface area is 120 Å². The van der Waals surface area contributed by atoms with E-state index in [1.54, 1.807) is 7.11 Å². The van der Waals surface area contributed by atoms with Gasteiger partial charge >= 0.3 is 0 Å². The molecule has 2 aromatic rings. The first-order valence-corrected chi connectivity index (χ1v) is 7.02. The van der Waals surface area contributed by atoms with E-state index in [-0.39, 0.29) is 0 Å². The highest BCUT2D eigenvalue weighted by Gasteiger charge is 2.05. The summed E-state index contributed by atoms with van der Waals surface area (Å²) in [6.45, 7) is 4.51. The fraction of sp³-hybridized carbons (Fsp3) is 0.467. The van der Waals surface area contributed by atoms with Crippen LogP contribution < -0.4 is 5.32 Å². The predicted octanol–water partition coefficient (Wildman–Crippen LogP) is 2.49. The van der Waals surface area contributed by atoms with E-state index < -0.39 is 0 Å². The number of imidazole rings is 1. The molecule has 0 saturated carbocycles. The number of aryl methyl sites for hydroxylation is 2. The lowest BCUT2D eigenvalue weighted by Crippen LogP contribution is -2.10. The van der Waals surface area contributed by atoms with Crippen LogP contribution in [0.1, 0.15) is 24.6 Å². The van der Waals surface area contributed by atoms with E-state index in [0.717, 1.165) is 37.6 Å². The Morgan fingerprint density at radius 1 is 1.30 bits per heavy atom. The highest BCUT2D eigenvalue weighted by atomic mass is 16.5. The lowest BCUT2D eigenvalue weighted by Gasteiger charge is -2.11. The van der Waals surface area contributed by atoms with E-state index in [2.05, 4.69) is 32.8 Å². The second kappa shape index (κ2) is 7.65. The van der Waals surface area contributed by atoms with Crippen molar-refractivity contribution in [3.63, 3.8) is 0 Å². The van der Waals surface area contributed by atoms with Gasteiger partial charge in [-0.3, -0.25) is 4.98 Å². The SMILES string of the molecule is CCc1cccnc1CNc1nccn1CCCOC. The molecule has 0 radical (unpaired) electrons. The third kappa shape index (κ3) is 3.81. The normalized spacial score (nSPS) is 10.7. The summed E-state index contributed by atoms with van der Waals surface area (Å²) in [7, 11) is 1.72. The van der Waals surface area contributed by atoms with Crippen LogP contribution in [0, 0.1) is 0 Å². The van der Waals surface area contributed by atoms with Gasteiger partial charge in [-0.05, 0) is 24.5 Å². The van der Waals surface area contributed by atoms with Crippen molar-refractivity contribution in [3.05, 3.63) is 42.0 Å². The number of methoxy groups -OCH3 is 1. The molecule has 0 bridgehead atoms. The summed E-state index contributed by atoms with van der Waals surface area (Å²) >= 11 is 0. The van der Waals surface area contributed by atoms with Crippen molar-refractivity contribution < 1.29 is 4.74 Å². The molecule has 5 nitrogen and oxygen atoms in total. The summed E-state index contributed by atoms with van der Waals surface area (Å²) in [5, 5.41) is 3.36. The number of hydrogen-bond donors (Lipinski definition) is 1. The van der Waals surface area contributed by atoms with Crippen molar-refractivity contribution >= 4 is 5.95 Å². The largest absolute Gasteiger partial charge is 0.385 e. The van der Waals surface area contributed by atoms with E-state index in [0.29, 0.717) is 6.54 Å². The van der Waals surface area contributed by atoms with E-state index in [9.17, 15) is 0 Å².